The van der Waals surface area contributed by atoms with Gasteiger partial charge in [0.15, 0.2) is 19.8 Å². The van der Waals surface area contributed by atoms with E-state index in [-0.39, 0.29) is 11.8 Å². The molecular formula is C26H38ClNO5Si. The maximum atomic E-state index is 13.0. The Bertz CT molecular complexity index is 912. The van der Waals surface area contributed by atoms with Crippen LogP contribution >= 0.6 is 11.6 Å². The van der Waals surface area contributed by atoms with Crippen LogP contribution in [0.2, 0.25) is 24.2 Å². The Hall–Kier alpha value is -2.22. The average Bonchev–Trinajstić information content (AvgIpc) is 2.83. The third-order valence-corrected chi connectivity index (χ3v) is 8.63. The third kappa shape index (κ3) is 8.22. The van der Waals surface area contributed by atoms with E-state index in [2.05, 4.69) is 25.3 Å². The Labute approximate surface area is 210 Å². The summed E-state index contributed by atoms with van der Waals surface area (Å²) in [5.74, 6) is 1.17. The molecule has 0 heterocycles. The molecule has 1 amide bonds. The maximum absolute atomic E-state index is 13.0. The fourth-order valence-corrected chi connectivity index (χ4v) is 6.05. The minimum atomic E-state index is -1.68. The molecule has 0 bridgehead atoms. The van der Waals surface area contributed by atoms with Crippen LogP contribution in [0.15, 0.2) is 36.4 Å². The van der Waals surface area contributed by atoms with Crippen molar-refractivity contribution in [2.45, 2.75) is 51.2 Å². The molecule has 0 spiro atoms. The number of hydrogen-bond acceptors (Lipinski definition) is 5. The van der Waals surface area contributed by atoms with E-state index in [0.29, 0.717) is 41.0 Å². The maximum Gasteiger partial charge on any atom is 0.251 e. The number of carbonyl (C=O) groups excluding carboxylic acids is 1. The van der Waals surface area contributed by atoms with Crippen LogP contribution in [-0.4, -0.2) is 48.7 Å². The molecule has 1 N–H and O–H groups in total. The van der Waals surface area contributed by atoms with Crippen LogP contribution in [0.3, 0.4) is 0 Å². The Kier molecular flexibility index (Phi) is 11.2. The topological polar surface area (TPSA) is 66.0 Å². The second kappa shape index (κ2) is 13.6. The molecule has 2 rings (SSSR count). The van der Waals surface area contributed by atoms with Crippen LogP contribution in [0.1, 0.15) is 48.0 Å². The molecule has 6 nitrogen and oxygen atoms in total. The van der Waals surface area contributed by atoms with Crippen molar-refractivity contribution in [3.8, 4) is 17.2 Å². The van der Waals surface area contributed by atoms with Crippen LogP contribution in [0.5, 0.6) is 17.2 Å². The smallest absolute Gasteiger partial charge is 0.251 e. The van der Waals surface area contributed by atoms with Crippen molar-refractivity contribution in [1.82, 2.24) is 5.32 Å². The quantitative estimate of drug-likeness (QED) is 0.304. The van der Waals surface area contributed by atoms with E-state index >= 15 is 0 Å². The second-order valence-corrected chi connectivity index (χ2v) is 13.6. The lowest BCUT2D eigenvalue weighted by atomic mass is 9.96. The molecule has 1 atom stereocenters. The highest BCUT2D eigenvalue weighted by atomic mass is 35.5. The predicted molar refractivity (Wildman–Crippen MR) is 140 cm³/mol. The van der Waals surface area contributed by atoms with E-state index in [1.54, 1.807) is 12.1 Å². The molecule has 0 aliphatic carbocycles. The summed E-state index contributed by atoms with van der Waals surface area (Å²) in [6.45, 7) is 7.85. The SMILES string of the molecule is CCCC[Si](C)(C)OCCC(CNC(=O)c1cc(OC)c(OC)c(OC)c1)c1cccc(Cl)c1. The van der Waals surface area contributed by atoms with Crippen LogP contribution in [0, 0.1) is 0 Å². The van der Waals surface area contributed by atoms with Gasteiger partial charge in [0.25, 0.3) is 5.91 Å². The molecule has 34 heavy (non-hydrogen) atoms. The summed E-state index contributed by atoms with van der Waals surface area (Å²) in [7, 11) is 2.90. The molecule has 2 aromatic carbocycles. The van der Waals surface area contributed by atoms with Crippen molar-refractivity contribution in [3.63, 3.8) is 0 Å². The molecule has 2 aromatic rings. The Morgan fingerprint density at radius 1 is 1.06 bits per heavy atom. The van der Waals surface area contributed by atoms with Gasteiger partial charge in [-0.2, -0.15) is 0 Å². The Balaban J connectivity index is 2.13. The molecule has 0 aliphatic rings. The lowest BCUT2D eigenvalue weighted by molar-refractivity contribution is 0.0948. The lowest BCUT2D eigenvalue weighted by Crippen LogP contribution is -2.32. The van der Waals surface area contributed by atoms with Crippen LogP contribution in [-0.2, 0) is 4.43 Å². The van der Waals surface area contributed by atoms with Gasteiger partial charge in [0.05, 0.1) is 21.3 Å². The van der Waals surface area contributed by atoms with Gasteiger partial charge in [0, 0.05) is 29.7 Å². The minimum Gasteiger partial charge on any atom is -0.493 e. The number of rotatable bonds is 14. The molecule has 188 valence electrons. The molecule has 0 fully saturated rings. The first kappa shape index (κ1) is 28.0. The molecule has 8 heteroatoms. The number of ether oxygens (including phenoxy) is 3. The van der Waals surface area contributed by atoms with Gasteiger partial charge in [-0.15, -0.1) is 0 Å². The summed E-state index contributed by atoms with van der Waals surface area (Å²) in [5.41, 5.74) is 1.51. The zero-order chi connectivity index (χ0) is 25.1. The number of benzene rings is 2. The van der Waals surface area contributed by atoms with Gasteiger partial charge in [-0.1, -0.05) is 43.5 Å². The van der Waals surface area contributed by atoms with E-state index in [1.807, 2.05) is 24.3 Å². The summed E-state index contributed by atoms with van der Waals surface area (Å²) < 4.78 is 22.4. The first-order chi connectivity index (χ1) is 16.2. The van der Waals surface area contributed by atoms with E-state index in [4.69, 9.17) is 30.2 Å². The largest absolute Gasteiger partial charge is 0.493 e. The summed E-state index contributed by atoms with van der Waals surface area (Å²) >= 11 is 6.26. The van der Waals surface area contributed by atoms with Crippen molar-refractivity contribution >= 4 is 25.8 Å². The molecule has 0 saturated heterocycles. The van der Waals surface area contributed by atoms with Crippen molar-refractivity contribution in [2.24, 2.45) is 0 Å². The van der Waals surface area contributed by atoms with Gasteiger partial charge in [-0.3, -0.25) is 4.79 Å². The molecule has 0 aromatic heterocycles. The van der Waals surface area contributed by atoms with Crippen LogP contribution in [0.25, 0.3) is 0 Å². The standard InChI is InChI=1S/C26H38ClNO5Si/c1-7-8-14-34(5,6)33-13-12-20(19-10-9-11-22(27)15-19)18-28-26(29)21-16-23(30-2)25(32-4)24(17-21)31-3/h9-11,15-17,20H,7-8,12-14,18H2,1-6H3,(H,28,29). The second-order valence-electron chi connectivity index (χ2n) is 8.88. The zero-order valence-electron chi connectivity index (χ0n) is 21.2. The summed E-state index contributed by atoms with van der Waals surface area (Å²) in [6.07, 6.45) is 3.16. The van der Waals surface area contributed by atoms with E-state index in [0.717, 1.165) is 18.0 Å². The summed E-state index contributed by atoms with van der Waals surface area (Å²) in [5, 5.41) is 3.74. The normalized spacial score (nSPS) is 12.2. The summed E-state index contributed by atoms with van der Waals surface area (Å²) in [6, 6.07) is 12.2. The number of nitrogens with one attached hydrogen (secondary N) is 1. The van der Waals surface area contributed by atoms with Crippen molar-refractivity contribution in [1.29, 1.82) is 0 Å². The average molecular weight is 508 g/mol. The fourth-order valence-electron chi connectivity index (χ4n) is 3.83. The molecule has 0 radical (unpaired) electrons. The Morgan fingerprint density at radius 2 is 1.74 bits per heavy atom. The van der Waals surface area contributed by atoms with Gasteiger partial charge in [-0.05, 0) is 55.4 Å². The van der Waals surface area contributed by atoms with Gasteiger partial charge in [0.2, 0.25) is 5.75 Å². The van der Waals surface area contributed by atoms with Crippen molar-refractivity contribution in [2.75, 3.05) is 34.5 Å². The fraction of sp³-hybridized carbons (Fsp3) is 0.500. The predicted octanol–water partition coefficient (Wildman–Crippen LogP) is 6.29. The lowest BCUT2D eigenvalue weighted by Gasteiger charge is -2.25. The number of amides is 1. The van der Waals surface area contributed by atoms with Gasteiger partial charge in [-0.25, -0.2) is 0 Å². The van der Waals surface area contributed by atoms with E-state index in [1.165, 1.54) is 34.2 Å². The van der Waals surface area contributed by atoms with Crippen LogP contribution < -0.4 is 19.5 Å². The van der Waals surface area contributed by atoms with Crippen molar-refractivity contribution in [3.05, 3.63) is 52.5 Å². The van der Waals surface area contributed by atoms with E-state index in [9.17, 15) is 4.79 Å². The molecule has 0 saturated carbocycles. The first-order valence-corrected chi connectivity index (χ1v) is 15.2. The number of hydrogen-bond donors (Lipinski definition) is 1. The molecule has 0 aliphatic heterocycles. The van der Waals surface area contributed by atoms with Crippen LogP contribution in [0.4, 0.5) is 0 Å². The van der Waals surface area contributed by atoms with E-state index < -0.39 is 8.32 Å². The number of halogens is 1. The third-order valence-electron chi connectivity index (χ3n) is 5.85. The number of methoxy groups -OCH3 is 3. The van der Waals surface area contributed by atoms with Gasteiger partial charge >= 0.3 is 0 Å². The highest BCUT2D eigenvalue weighted by molar-refractivity contribution is 6.71. The first-order valence-electron chi connectivity index (χ1n) is 11.7. The number of unbranched alkanes of at least 4 members (excludes halogenated alkanes) is 1. The summed E-state index contributed by atoms with van der Waals surface area (Å²) in [4.78, 5) is 13.0. The highest BCUT2D eigenvalue weighted by Gasteiger charge is 2.23. The van der Waals surface area contributed by atoms with Gasteiger partial charge in [0.1, 0.15) is 0 Å². The highest BCUT2D eigenvalue weighted by Crippen LogP contribution is 2.38. The monoisotopic (exact) mass is 507 g/mol. The number of carbonyl (C=O) groups is 1. The minimum absolute atomic E-state index is 0.0701. The van der Waals surface area contributed by atoms with Gasteiger partial charge < -0.3 is 24.0 Å². The zero-order valence-corrected chi connectivity index (χ0v) is 23.0. The van der Waals surface area contributed by atoms with Crippen molar-refractivity contribution < 1.29 is 23.4 Å². The molecule has 1 unspecified atom stereocenters. The Morgan fingerprint density at radius 3 is 2.29 bits per heavy atom. The molecular weight excluding hydrogens is 470 g/mol.